The van der Waals surface area contributed by atoms with Crippen molar-refractivity contribution >= 4 is 10.9 Å². The minimum Gasteiger partial charge on any atom is -0.504 e. The largest absolute Gasteiger partial charge is 0.504 e. The molecule has 2 rings (SSSR count). The predicted octanol–water partition coefficient (Wildman–Crippen LogP) is 2.61. The van der Waals surface area contributed by atoms with Gasteiger partial charge in [0.1, 0.15) is 0 Å². The van der Waals surface area contributed by atoms with E-state index in [-0.39, 0.29) is 5.75 Å². The first-order valence-electron chi connectivity index (χ1n) is 6.18. The van der Waals surface area contributed by atoms with Gasteiger partial charge in [0.25, 0.3) is 0 Å². The molecule has 0 radical (unpaired) electrons. The number of fused-ring (bicyclic) bond motifs is 1. The third kappa shape index (κ3) is 2.20. The molecule has 0 atom stereocenters. The van der Waals surface area contributed by atoms with Gasteiger partial charge in [-0.2, -0.15) is 0 Å². The third-order valence-electron chi connectivity index (χ3n) is 3.22. The molecule has 0 aliphatic carbocycles. The molecule has 0 amide bonds. The summed E-state index contributed by atoms with van der Waals surface area (Å²) in [6, 6.07) is 3.05. The number of hydrogen-bond donors (Lipinski definition) is 1. The highest BCUT2D eigenvalue weighted by atomic mass is 19.1. The summed E-state index contributed by atoms with van der Waals surface area (Å²) >= 11 is 0. The molecular weight excluding hydrogens is 231 g/mol. The number of phenolic OH excluding ortho intramolecular Hbond substituents is 1. The van der Waals surface area contributed by atoms with Crippen molar-refractivity contribution in [1.29, 1.82) is 0 Å². The number of likely N-dealkylation sites (N-methyl/N-ethyl adjacent to an activating group) is 1. The van der Waals surface area contributed by atoms with E-state index in [9.17, 15) is 9.50 Å². The fourth-order valence-corrected chi connectivity index (χ4v) is 2.23. The van der Waals surface area contributed by atoms with Gasteiger partial charge < -0.3 is 14.6 Å². The molecule has 4 heteroatoms. The number of hydrogen-bond acceptors (Lipinski definition) is 2. The Hall–Kier alpha value is -1.55. The van der Waals surface area contributed by atoms with Crippen LogP contribution in [0.25, 0.3) is 10.9 Å². The molecule has 1 aromatic carbocycles. The van der Waals surface area contributed by atoms with Gasteiger partial charge in [-0.25, -0.2) is 4.39 Å². The van der Waals surface area contributed by atoms with E-state index in [1.54, 1.807) is 6.07 Å². The lowest BCUT2D eigenvalue weighted by Gasteiger charge is -2.08. The maximum absolute atomic E-state index is 13.5. The number of aryl methyl sites for hydroxylation is 1. The smallest absolute Gasteiger partial charge is 0.165 e. The van der Waals surface area contributed by atoms with Crippen molar-refractivity contribution in [1.82, 2.24) is 9.47 Å². The summed E-state index contributed by atoms with van der Waals surface area (Å²) in [6.45, 7) is 3.72. The van der Waals surface area contributed by atoms with Crippen LogP contribution in [0.15, 0.2) is 18.3 Å². The molecule has 98 valence electrons. The standard InChI is InChI=1S/C14H19FN2O/c1-4-17-9-10(7-8-16(2)3)13-12(17)6-5-11(15)14(13)18/h5-6,9,18H,4,7-8H2,1-3H3. The average molecular weight is 250 g/mol. The molecule has 1 aromatic heterocycles. The molecule has 0 aliphatic heterocycles. The van der Waals surface area contributed by atoms with Crippen molar-refractivity contribution < 1.29 is 9.50 Å². The van der Waals surface area contributed by atoms with Crippen molar-refractivity contribution in [3.8, 4) is 5.75 Å². The molecule has 18 heavy (non-hydrogen) atoms. The number of aromatic hydroxyl groups is 1. The number of aromatic nitrogens is 1. The van der Waals surface area contributed by atoms with Crippen molar-refractivity contribution in [2.24, 2.45) is 0 Å². The van der Waals surface area contributed by atoms with Crippen LogP contribution in [0.2, 0.25) is 0 Å². The summed E-state index contributed by atoms with van der Waals surface area (Å²) < 4.78 is 15.5. The molecule has 1 N–H and O–H groups in total. The first-order chi connectivity index (χ1) is 8.54. The van der Waals surface area contributed by atoms with Gasteiger partial charge in [0, 0.05) is 24.7 Å². The van der Waals surface area contributed by atoms with Crippen LogP contribution in [0.3, 0.4) is 0 Å². The number of nitrogens with zero attached hydrogens (tertiary/aromatic N) is 2. The first kappa shape index (κ1) is 12.9. The molecule has 2 aromatic rings. The third-order valence-corrected chi connectivity index (χ3v) is 3.22. The van der Waals surface area contributed by atoms with Crippen LogP contribution in [-0.4, -0.2) is 35.2 Å². The average Bonchev–Trinajstić information content (AvgIpc) is 2.70. The second-order valence-corrected chi connectivity index (χ2v) is 4.78. The Labute approximate surface area is 106 Å². The number of rotatable bonds is 4. The lowest BCUT2D eigenvalue weighted by molar-refractivity contribution is 0.413. The molecule has 0 fully saturated rings. The zero-order valence-corrected chi connectivity index (χ0v) is 11.1. The van der Waals surface area contributed by atoms with Crippen molar-refractivity contribution in [2.75, 3.05) is 20.6 Å². The lowest BCUT2D eigenvalue weighted by atomic mass is 10.1. The van der Waals surface area contributed by atoms with E-state index in [1.807, 2.05) is 31.8 Å². The highest BCUT2D eigenvalue weighted by Crippen LogP contribution is 2.32. The van der Waals surface area contributed by atoms with Gasteiger partial charge in [0.15, 0.2) is 11.6 Å². The minimum atomic E-state index is -0.553. The van der Waals surface area contributed by atoms with Crippen molar-refractivity contribution in [3.63, 3.8) is 0 Å². The summed E-state index contributed by atoms with van der Waals surface area (Å²) in [6.07, 6.45) is 2.81. The van der Waals surface area contributed by atoms with E-state index in [4.69, 9.17) is 0 Å². The predicted molar refractivity (Wildman–Crippen MR) is 71.5 cm³/mol. The van der Waals surface area contributed by atoms with Crippen LogP contribution < -0.4 is 0 Å². The van der Waals surface area contributed by atoms with Crippen LogP contribution >= 0.6 is 0 Å². The number of benzene rings is 1. The topological polar surface area (TPSA) is 28.4 Å². The summed E-state index contributed by atoms with van der Waals surface area (Å²) in [7, 11) is 4.00. The highest BCUT2D eigenvalue weighted by Gasteiger charge is 2.14. The molecule has 0 bridgehead atoms. The van der Waals surface area contributed by atoms with Gasteiger partial charge >= 0.3 is 0 Å². The lowest BCUT2D eigenvalue weighted by Crippen LogP contribution is -2.14. The Morgan fingerprint density at radius 1 is 1.33 bits per heavy atom. The van der Waals surface area contributed by atoms with Gasteiger partial charge in [0.2, 0.25) is 0 Å². The van der Waals surface area contributed by atoms with Gasteiger partial charge in [-0.05, 0) is 45.1 Å². The van der Waals surface area contributed by atoms with Gasteiger partial charge in [-0.1, -0.05) is 0 Å². The fraction of sp³-hybridized carbons (Fsp3) is 0.429. The molecule has 1 heterocycles. The van der Waals surface area contributed by atoms with Gasteiger partial charge in [0.05, 0.1) is 5.52 Å². The fourth-order valence-electron chi connectivity index (χ4n) is 2.23. The van der Waals surface area contributed by atoms with E-state index in [1.165, 1.54) is 6.07 Å². The Bertz CT molecular complexity index is 560. The SMILES string of the molecule is CCn1cc(CCN(C)C)c2c(O)c(F)ccc21. The van der Waals surface area contributed by atoms with Crippen LogP contribution in [0.4, 0.5) is 4.39 Å². The zero-order valence-electron chi connectivity index (χ0n) is 11.1. The molecule has 0 aliphatic rings. The maximum atomic E-state index is 13.5. The second-order valence-electron chi connectivity index (χ2n) is 4.78. The Morgan fingerprint density at radius 2 is 2.06 bits per heavy atom. The maximum Gasteiger partial charge on any atom is 0.165 e. The molecule has 0 spiro atoms. The van der Waals surface area contributed by atoms with Crippen molar-refractivity contribution in [2.45, 2.75) is 19.9 Å². The monoisotopic (exact) mass is 250 g/mol. The molecule has 0 saturated heterocycles. The van der Waals surface area contributed by atoms with Gasteiger partial charge in [-0.3, -0.25) is 0 Å². The van der Waals surface area contributed by atoms with Crippen LogP contribution in [0.5, 0.6) is 5.75 Å². The second kappa shape index (κ2) is 4.98. The Morgan fingerprint density at radius 3 is 2.67 bits per heavy atom. The molecule has 0 unspecified atom stereocenters. The summed E-state index contributed by atoms with van der Waals surface area (Å²) in [5.41, 5.74) is 1.89. The Kier molecular flexibility index (Phi) is 3.57. The van der Waals surface area contributed by atoms with E-state index in [0.29, 0.717) is 5.39 Å². The van der Waals surface area contributed by atoms with Crippen LogP contribution in [0.1, 0.15) is 12.5 Å². The first-order valence-corrected chi connectivity index (χ1v) is 6.18. The van der Waals surface area contributed by atoms with Crippen LogP contribution in [-0.2, 0) is 13.0 Å². The molecule has 0 saturated carbocycles. The number of halogens is 1. The summed E-state index contributed by atoms with van der Waals surface area (Å²) in [5.74, 6) is -0.782. The molecular formula is C14H19FN2O. The Balaban J connectivity index is 2.54. The van der Waals surface area contributed by atoms with Gasteiger partial charge in [-0.15, -0.1) is 0 Å². The normalized spacial score (nSPS) is 11.6. The zero-order chi connectivity index (χ0) is 13.3. The summed E-state index contributed by atoms with van der Waals surface area (Å²) in [5, 5.41) is 10.6. The van der Waals surface area contributed by atoms with E-state index < -0.39 is 5.82 Å². The quantitative estimate of drug-likeness (QED) is 0.903. The van der Waals surface area contributed by atoms with Crippen LogP contribution in [0, 0.1) is 5.82 Å². The van der Waals surface area contributed by atoms with E-state index >= 15 is 0 Å². The highest BCUT2D eigenvalue weighted by molar-refractivity contribution is 5.90. The van der Waals surface area contributed by atoms with Crippen molar-refractivity contribution in [3.05, 3.63) is 29.7 Å². The summed E-state index contributed by atoms with van der Waals surface area (Å²) in [4.78, 5) is 2.07. The minimum absolute atomic E-state index is 0.228. The van der Waals surface area contributed by atoms with E-state index in [0.717, 1.165) is 30.6 Å². The molecule has 3 nitrogen and oxygen atoms in total. The number of phenols is 1. The van der Waals surface area contributed by atoms with E-state index in [2.05, 4.69) is 4.90 Å².